The molecule has 9 heteroatoms. The van der Waals surface area contributed by atoms with E-state index in [-0.39, 0.29) is 30.9 Å². The van der Waals surface area contributed by atoms with E-state index in [4.69, 9.17) is 14.9 Å². The summed E-state index contributed by atoms with van der Waals surface area (Å²) in [6.07, 6.45) is 39.0. The maximum Gasteiger partial charge on any atom is 0.328 e. The predicted octanol–water partition coefficient (Wildman–Crippen LogP) is 9.04. The Kier molecular flexibility index (Phi) is 33.8. The number of aliphatic hydroxyl groups excluding tert-OH is 1. The molecule has 2 amide bonds. The minimum absolute atomic E-state index is 0.117. The van der Waals surface area contributed by atoms with Crippen LogP contribution in [0.5, 0.6) is 0 Å². The Morgan fingerprint density at radius 2 is 1.14 bits per heavy atom. The molecule has 50 heavy (non-hydrogen) atoms. The zero-order chi connectivity index (χ0) is 36.9. The second-order valence-electron chi connectivity index (χ2n) is 13.4. The van der Waals surface area contributed by atoms with Crippen molar-refractivity contribution in [1.29, 1.82) is 0 Å². The number of carboxylic acids is 1. The molecule has 0 aliphatic rings. The van der Waals surface area contributed by atoms with E-state index in [1.165, 1.54) is 77.0 Å². The number of aliphatic hydroxyl groups is 1. The summed E-state index contributed by atoms with van der Waals surface area (Å²) in [4.78, 5) is 47.4. The van der Waals surface area contributed by atoms with Crippen LogP contribution in [0.3, 0.4) is 0 Å². The largest absolute Gasteiger partial charge is 0.480 e. The summed E-state index contributed by atoms with van der Waals surface area (Å²) in [6, 6.07) is -1.39. The third kappa shape index (κ3) is 32.3. The number of esters is 1. The fraction of sp³-hybridized carbons (Fsp3) is 0.756. The first kappa shape index (κ1) is 47.1. The molecule has 0 bridgehead atoms. The van der Waals surface area contributed by atoms with Gasteiger partial charge in [-0.3, -0.25) is 14.4 Å². The van der Waals surface area contributed by atoms with Gasteiger partial charge in [0.15, 0.2) is 0 Å². The number of rotatable bonds is 35. The highest BCUT2D eigenvalue weighted by atomic mass is 16.5. The molecule has 288 valence electrons. The summed E-state index contributed by atoms with van der Waals surface area (Å²) in [5.41, 5.74) is 0. The Bertz CT molecular complexity index is 947. The highest BCUT2D eigenvalue weighted by Crippen LogP contribution is 2.15. The lowest BCUT2D eigenvalue weighted by Gasteiger charge is -2.15. The molecule has 0 radical (unpaired) electrons. The van der Waals surface area contributed by atoms with Crippen LogP contribution in [-0.2, 0) is 23.9 Å². The van der Waals surface area contributed by atoms with Crippen LogP contribution in [0.1, 0.15) is 174 Å². The topological polar surface area (TPSA) is 142 Å². The Morgan fingerprint density at radius 3 is 1.74 bits per heavy atom. The summed E-state index contributed by atoms with van der Waals surface area (Å²) >= 11 is 0. The minimum atomic E-state index is -1.39. The van der Waals surface area contributed by atoms with Crippen LogP contribution in [0.4, 0.5) is 0 Å². The number of carboxylic acid groups (broad SMARTS) is 1. The van der Waals surface area contributed by atoms with Gasteiger partial charge in [-0.25, -0.2) is 4.79 Å². The highest BCUT2D eigenvalue weighted by molar-refractivity contribution is 5.87. The van der Waals surface area contributed by atoms with E-state index >= 15 is 0 Å². The molecule has 0 fully saturated rings. The number of carbonyl (C=O) groups excluding carboxylic acids is 3. The van der Waals surface area contributed by atoms with E-state index in [1.807, 2.05) is 6.08 Å². The molecule has 0 aromatic rings. The summed E-state index contributed by atoms with van der Waals surface area (Å²) in [7, 11) is 0. The number of hydrogen-bond acceptors (Lipinski definition) is 6. The van der Waals surface area contributed by atoms with Crippen molar-refractivity contribution in [3.8, 4) is 0 Å². The van der Waals surface area contributed by atoms with Gasteiger partial charge in [-0.2, -0.15) is 0 Å². The van der Waals surface area contributed by atoms with Crippen molar-refractivity contribution in [1.82, 2.24) is 10.6 Å². The van der Waals surface area contributed by atoms with Gasteiger partial charge in [0.25, 0.3) is 0 Å². The summed E-state index contributed by atoms with van der Waals surface area (Å²) < 4.78 is 5.89. The second-order valence-corrected chi connectivity index (χ2v) is 13.4. The van der Waals surface area contributed by atoms with E-state index in [9.17, 15) is 19.2 Å². The van der Waals surface area contributed by atoms with Crippen molar-refractivity contribution in [2.75, 3.05) is 13.2 Å². The summed E-state index contributed by atoms with van der Waals surface area (Å²) in [5.74, 6) is -2.39. The molecular formula is C41H72N2O7. The fourth-order valence-electron chi connectivity index (χ4n) is 5.52. The number of aliphatic carboxylic acids is 1. The van der Waals surface area contributed by atoms with Gasteiger partial charge in [-0.1, -0.05) is 141 Å². The molecular weight excluding hydrogens is 632 g/mol. The second kappa shape index (κ2) is 35.9. The van der Waals surface area contributed by atoms with Crippen molar-refractivity contribution in [3.63, 3.8) is 0 Å². The van der Waals surface area contributed by atoms with Gasteiger partial charge in [0.1, 0.15) is 12.1 Å². The lowest BCUT2D eigenvalue weighted by Crippen LogP contribution is -2.47. The van der Waals surface area contributed by atoms with E-state index in [2.05, 4.69) is 54.9 Å². The normalized spacial score (nSPS) is 12.9. The molecule has 0 heterocycles. The van der Waals surface area contributed by atoms with E-state index in [1.54, 1.807) is 0 Å². The molecule has 0 rings (SSSR count). The number of nitrogens with one attached hydrogen (secondary N) is 2. The lowest BCUT2D eigenvalue weighted by molar-refractivity contribution is -0.147. The smallest absolute Gasteiger partial charge is 0.328 e. The first-order chi connectivity index (χ1) is 24.3. The zero-order valence-electron chi connectivity index (χ0n) is 31.6. The summed E-state index contributed by atoms with van der Waals surface area (Å²) in [6.45, 7) is 3.42. The van der Waals surface area contributed by atoms with Crippen LogP contribution in [-0.4, -0.2) is 59.3 Å². The van der Waals surface area contributed by atoms with Crippen LogP contribution in [0.2, 0.25) is 0 Å². The standard InChI is InChI=1S/C41H72N2O7/c1-3-5-7-9-11-13-15-17-19-22-26-30-36(50-40(47)33-29-25-20-18-16-14-12-10-8-6-4-2)31-27-23-21-24-28-32-38(45)42-34-39(46)43-37(35-44)41(48)49/h11,13,17,19,26,30,36-37,44H,3-10,12,14-16,18,20-25,27-29,31-35H2,1-2H3,(H,42,45)(H,43,46)(H,48,49)/b13-11-,19-17-,30-26-. The molecule has 0 saturated carbocycles. The Morgan fingerprint density at radius 1 is 0.620 bits per heavy atom. The lowest BCUT2D eigenvalue weighted by atomic mass is 10.1. The third-order valence-corrected chi connectivity index (χ3v) is 8.62. The molecule has 2 unspecified atom stereocenters. The quantitative estimate of drug-likeness (QED) is 0.0293. The third-order valence-electron chi connectivity index (χ3n) is 8.62. The molecule has 0 saturated heterocycles. The Labute approximate surface area is 304 Å². The van der Waals surface area contributed by atoms with E-state index in [0.717, 1.165) is 64.2 Å². The van der Waals surface area contributed by atoms with Crippen LogP contribution >= 0.6 is 0 Å². The van der Waals surface area contributed by atoms with E-state index < -0.39 is 24.5 Å². The van der Waals surface area contributed by atoms with Crippen molar-refractivity contribution in [2.24, 2.45) is 0 Å². The highest BCUT2D eigenvalue weighted by Gasteiger charge is 2.18. The van der Waals surface area contributed by atoms with E-state index in [0.29, 0.717) is 12.8 Å². The zero-order valence-corrected chi connectivity index (χ0v) is 31.6. The van der Waals surface area contributed by atoms with Crippen LogP contribution in [0, 0.1) is 0 Å². The molecule has 0 aliphatic heterocycles. The molecule has 0 aliphatic carbocycles. The SMILES string of the molecule is CCCCC/C=C\C/C=C\C/C=C\C(CCCCCCCC(=O)NCC(=O)NC(CO)C(=O)O)OC(=O)CCCCCCCCCCCCC. The van der Waals surface area contributed by atoms with Gasteiger partial charge in [-0.15, -0.1) is 0 Å². The number of allylic oxidation sites excluding steroid dienone is 5. The van der Waals surface area contributed by atoms with Gasteiger partial charge < -0.3 is 25.6 Å². The van der Waals surface area contributed by atoms with Crippen LogP contribution < -0.4 is 10.6 Å². The van der Waals surface area contributed by atoms with Gasteiger partial charge in [0.2, 0.25) is 11.8 Å². The Hall–Kier alpha value is -2.94. The van der Waals surface area contributed by atoms with Crippen LogP contribution in [0.15, 0.2) is 36.5 Å². The fourth-order valence-corrected chi connectivity index (χ4v) is 5.52. The first-order valence-electron chi connectivity index (χ1n) is 19.9. The molecule has 0 aromatic heterocycles. The number of amides is 2. The molecule has 4 N–H and O–H groups in total. The molecule has 0 spiro atoms. The number of carbonyl (C=O) groups is 4. The predicted molar refractivity (Wildman–Crippen MR) is 204 cm³/mol. The molecule has 2 atom stereocenters. The number of unbranched alkanes of at least 4 members (excludes halogenated alkanes) is 17. The monoisotopic (exact) mass is 705 g/mol. The average molecular weight is 705 g/mol. The Balaban J connectivity index is 4.43. The van der Waals surface area contributed by atoms with Gasteiger partial charge in [0.05, 0.1) is 13.2 Å². The van der Waals surface area contributed by atoms with Crippen molar-refractivity contribution in [2.45, 2.75) is 187 Å². The maximum atomic E-state index is 12.7. The summed E-state index contributed by atoms with van der Waals surface area (Å²) in [5, 5.41) is 22.5. The van der Waals surface area contributed by atoms with Crippen LogP contribution in [0.25, 0.3) is 0 Å². The first-order valence-corrected chi connectivity index (χ1v) is 19.9. The number of hydrogen-bond donors (Lipinski definition) is 4. The number of ether oxygens (including phenoxy) is 1. The average Bonchev–Trinajstić information content (AvgIpc) is 3.10. The molecule has 9 nitrogen and oxygen atoms in total. The minimum Gasteiger partial charge on any atom is -0.480 e. The van der Waals surface area contributed by atoms with Gasteiger partial charge in [-0.05, 0) is 57.4 Å². The van der Waals surface area contributed by atoms with Gasteiger partial charge >= 0.3 is 11.9 Å². The van der Waals surface area contributed by atoms with Crippen molar-refractivity contribution in [3.05, 3.63) is 36.5 Å². The van der Waals surface area contributed by atoms with Crippen molar-refractivity contribution >= 4 is 23.8 Å². The molecule has 0 aromatic carbocycles. The van der Waals surface area contributed by atoms with Crippen molar-refractivity contribution < 1.29 is 34.1 Å². The maximum absolute atomic E-state index is 12.7. The van der Waals surface area contributed by atoms with Gasteiger partial charge in [0, 0.05) is 12.8 Å².